The molecule has 0 saturated carbocycles. The Balaban J connectivity index is 1.84. The number of benzene rings is 1. The van der Waals surface area contributed by atoms with Crippen LogP contribution in [-0.4, -0.2) is 14.6 Å². The SMILES string of the molecule is Cc1ccc(/C=c2/sc3nc(-c4cccc(Cl)c4)nn3c2=O)o1. The predicted octanol–water partition coefficient (Wildman–Crippen LogP) is 2.92. The van der Waals surface area contributed by atoms with Gasteiger partial charge in [0.1, 0.15) is 16.1 Å². The molecule has 114 valence electrons. The van der Waals surface area contributed by atoms with E-state index < -0.39 is 0 Å². The molecule has 0 spiro atoms. The molecule has 23 heavy (non-hydrogen) atoms. The molecule has 0 saturated heterocycles. The number of aromatic nitrogens is 3. The normalized spacial score (nSPS) is 12.3. The molecule has 0 fully saturated rings. The summed E-state index contributed by atoms with van der Waals surface area (Å²) in [6.45, 7) is 1.86. The minimum Gasteiger partial charge on any atom is -0.462 e. The topological polar surface area (TPSA) is 60.4 Å². The van der Waals surface area contributed by atoms with Gasteiger partial charge >= 0.3 is 0 Å². The van der Waals surface area contributed by atoms with Gasteiger partial charge in [0.05, 0.1) is 0 Å². The summed E-state index contributed by atoms with van der Waals surface area (Å²) < 4.78 is 7.31. The summed E-state index contributed by atoms with van der Waals surface area (Å²) in [6, 6.07) is 10.9. The van der Waals surface area contributed by atoms with Gasteiger partial charge in [-0.15, -0.1) is 5.10 Å². The summed E-state index contributed by atoms with van der Waals surface area (Å²) in [5.41, 5.74) is 0.569. The first kappa shape index (κ1) is 14.2. The fourth-order valence-electron chi connectivity index (χ4n) is 2.24. The maximum atomic E-state index is 12.4. The molecular formula is C16H10ClN3O2S. The van der Waals surface area contributed by atoms with E-state index in [0.717, 1.165) is 11.3 Å². The lowest BCUT2D eigenvalue weighted by Crippen LogP contribution is -2.23. The Labute approximate surface area is 139 Å². The van der Waals surface area contributed by atoms with Crippen molar-refractivity contribution < 1.29 is 4.42 Å². The van der Waals surface area contributed by atoms with Gasteiger partial charge in [-0.25, -0.2) is 0 Å². The monoisotopic (exact) mass is 343 g/mol. The summed E-state index contributed by atoms with van der Waals surface area (Å²) >= 11 is 7.26. The molecule has 0 aliphatic carbocycles. The van der Waals surface area contributed by atoms with Gasteiger partial charge < -0.3 is 4.42 Å². The molecule has 0 unspecified atom stereocenters. The summed E-state index contributed by atoms with van der Waals surface area (Å²) in [6.07, 6.45) is 1.70. The molecule has 5 nitrogen and oxygen atoms in total. The van der Waals surface area contributed by atoms with Gasteiger partial charge in [0.2, 0.25) is 4.96 Å². The van der Waals surface area contributed by atoms with E-state index in [1.165, 1.54) is 15.9 Å². The smallest absolute Gasteiger partial charge is 0.291 e. The van der Waals surface area contributed by atoms with Crippen molar-refractivity contribution in [3.63, 3.8) is 0 Å². The van der Waals surface area contributed by atoms with Crippen LogP contribution in [0, 0.1) is 6.92 Å². The van der Waals surface area contributed by atoms with Crippen molar-refractivity contribution in [2.24, 2.45) is 0 Å². The number of aryl methyl sites for hydroxylation is 1. The van der Waals surface area contributed by atoms with Crippen molar-refractivity contribution in [1.29, 1.82) is 0 Å². The highest BCUT2D eigenvalue weighted by atomic mass is 35.5. The summed E-state index contributed by atoms with van der Waals surface area (Å²) in [7, 11) is 0. The van der Waals surface area contributed by atoms with Crippen LogP contribution in [-0.2, 0) is 0 Å². The van der Waals surface area contributed by atoms with Gasteiger partial charge in [0, 0.05) is 16.7 Å². The second kappa shape index (κ2) is 5.33. The Morgan fingerprint density at radius 2 is 2.17 bits per heavy atom. The zero-order chi connectivity index (χ0) is 16.0. The molecule has 7 heteroatoms. The number of thiazole rings is 1. The minimum atomic E-state index is -0.208. The van der Waals surface area contributed by atoms with E-state index in [9.17, 15) is 4.79 Å². The number of hydrogen-bond donors (Lipinski definition) is 0. The van der Waals surface area contributed by atoms with Crippen LogP contribution in [0.25, 0.3) is 22.4 Å². The molecular weight excluding hydrogens is 334 g/mol. The van der Waals surface area contributed by atoms with Gasteiger partial charge in [0.15, 0.2) is 5.82 Å². The standard InChI is InChI=1S/C16H10ClN3O2S/c1-9-5-6-12(22-9)8-13-15(21)20-16(23-13)18-14(19-20)10-3-2-4-11(17)7-10/h2-8H,1H3/b13-8+. The van der Waals surface area contributed by atoms with Crippen molar-refractivity contribution >= 4 is 34.0 Å². The molecule has 3 aromatic heterocycles. The van der Waals surface area contributed by atoms with Gasteiger partial charge in [-0.3, -0.25) is 4.79 Å². The number of furan rings is 1. The van der Waals surface area contributed by atoms with E-state index >= 15 is 0 Å². The third-order valence-corrected chi connectivity index (χ3v) is 4.49. The third-order valence-electron chi connectivity index (χ3n) is 3.30. The Morgan fingerprint density at radius 3 is 2.87 bits per heavy atom. The zero-order valence-electron chi connectivity index (χ0n) is 12.0. The molecule has 3 heterocycles. The van der Waals surface area contributed by atoms with Gasteiger partial charge in [0.25, 0.3) is 5.56 Å². The van der Waals surface area contributed by atoms with Crippen LogP contribution in [0.3, 0.4) is 0 Å². The van der Waals surface area contributed by atoms with E-state index in [1.54, 1.807) is 18.2 Å². The summed E-state index contributed by atoms with van der Waals surface area (Å²) in [4.78, 5) is 17.4. The third kappa shape index (κ3) is 2.56. The number of hydrogen-bond acceptors (Lipinski definition) is 5. The number of fused-ring (bicyclic) bond motifs is 1. The molecule has 0 amide bonds. The van der Waals surface area contributed by atoms with Crippen LogP contribution in [0.4, 0.5) is 0 Å². The fraction of sp³-hybridized carbons (Fsp3) is 0.0625. The molecule has 1 aromatic carbocycles. The highest BCUT2D eigenvalue weighted by Gasteiger charge is 2.12. The summed E-state index contributed by atoms with van der Waals surface area (Å²) in [5, 5.41) is 4.89. The van der Waals surface area contributed by atoms with Crippen LogP contribution >= 0.6 is 22.9 Å². The predicted molar refractivity (Wildman–Crippen MR) is 89.8 cm³/mol. The molecule has 0 aliphatic rings. The Morgan fingerprint density at radius 1 is 1.30 bits per heavy atom. The molecule has 4 rings (SSSR count). The van der Waals surface area contributed by atoms with Crippen molar-refractivity contribution in [2.75, 3.05) is 0 Å². The van der Waals surface area contributed by atoms with Crippen LogP contribution < -0.4 is 10.1 Å². The largest absolute Gasteiger partial charge is 0.462 e. The number of rotatable bonds is 2. The molecule has 0 radical (unpaired) electrons. The van der Waals surface area contributed by atoms with E-state index in [-0.39, 0.29) is 5.56 Å². The highest BCUT2D eigenvalue weighted by Crippen LogP contribution is 2.20. The van der Waals surface area contributed by atoms with E-state index in [1.807, 2.05) is 31.2 Å². The lowest BCUT2D eigenvalue weighted by atomic mass is 10.2. The van der Waals surface area contributed by atoms with Crippen LogP contribution in [0.15, 0.2) is 45.6 Å². The van der Waals surface area contributed by atoms with Crippen molar-refractivity contribution in [3.8, 4) is 11.4 Å². The maximum absolute atomic E-state index is 12.4. The second-order valence-electron chi connectivity index (χ2n) is 5.00. The zero-order valence-corrected chi connectivity index (χ0v) is 13.6. The molecule has 0 aliphatic heterocycles. The number of halogens is 1. The first-order valence-corrected chi connectivity index (χ1v) is 8.03. The summed E-state index contributed by atoms with van der Waals surface area (Å²) in [5.74, 6) is 1.92. The minimum absolute atomic E-state index is 0.208. The van der Waals surface area contributed by atoms with E-state index in [0.29, 0.717) is 26.1 Å². The fourth-order valence-corrected chi connectivity index (χ4v) is 3.32. The average molecular weight is 344 g/mol. The maximum Gasteiger partial charge on any atom is 0.291 e. The Bertz CT molecular complexity index is 1130. The first-order valence-electron chi connectivity index (χ1n) is 6.84. The van der Waals surface area contributed by atoms with Gasteiger partial charge in [-0.2, -0.15) is 9.50 Å². The van der Waals surface area contributed by atoms with Crippen molar-refractivity contribution in [2.45, 2.75) is 6.92 Å². The number of nitrogens with zero attached hydrogens (tertiary/aromatic N) is 3. The van der Waals surface area contributed by atoms with Crippen molar-refractivity contribution in [1.82, 2.24) is 14.6 Å². The van der Waals surface area contributed by atoms with Gasteiger partial charge in [-0.1, -0.05) is 35.1 Å². The van der Waals surface area contributed by atoms with Gasteiger partial charge in [-0.05, 0) is 31.2 Å². The van der Waals surface area contributed by atoms with E-state index in [4.69, 9.17) is 16.0 Å². The lowest BCUT2D eigenvalue weighted by Gasteiger charge is -1.94. The Kier molecular flexibility index (Phi) is 3.28. The van der Waals surface area contributed by atoms with E-state index in [2.05, 4.69) is 10.1 Å². The molecule has 0 N–H and O–H groups in total. The second-order valence-corrected chi connectivity index (χ2v) is 6.45. The quantitative estimate of drug-likeness (QED) is 0.561. The van der Waals surface area contributed by atoms with Crippen LogP contribution in [0.2, 0.25) is 5.02 Å². The van der Waals surface area contributed by atoms with Crippen LogP contribution in [0.5, 0.6) is 0 Å². The molecule has 4 aromatic rings. The highest BCUT2D eigenvalue weighted by molar-refractivity contribution is 7.15. The van der Waals surface area contributed by atoms with Crippen molar-refractivity contribution in [3.05, 3.63) is 67.8 Å². The average Bonchev–Trinajstić information content (AvgIpc) is 3.18. The lowest BCUT2D eigenvalue weighted by molar-refractivity contribution is 0.525. The molecule has 0 bridgehead atoms. The molecule has 0 atom stereocenters. The van der Waals surface area contributed by atoms with Crippen LogP contribution in [0.1, 0.15) is 11.5 Å². The first-order chi connectivity index (χ1) is 11.1. The Hall–Kier alpha value is -2.44.